The van der Waals surface area contributed by atoms with Crippen LogP contribution in [-0.4, -0.2) is 23.0 Å². The highest BCUT2D eigenvalue weighted by Crippen LogP contribution is 2.51. The third-order valence-corrected chi connectivity index (χ3v) is 5.87. The Bertz CT molecular complexity index is 953. The number of nitrogens with one attached hydrogen (secondary N) is 1. The second kappa shape index (κ2) is 6.31. The molecule has 2 fully saturated rings. The largest absolute Gasteiger partial charge is 0.439 e. The number of nitrogens with zero attached hydrogens (tertiary/aromatic N) is 2. The van der Waals surface area contributed by atoms with Crippen molar-refractivity contribution in [2.45, 2.75) is 50.9 Å². The Morgan fingerprint density at radius 1 is 1.29 bits per heavy atom. The highest BCUT2D eigenvalue weighted by atomic mass is 16.5. The van der Waals surface area contributed by atoms with Gasteiger partial charge in [0.1, 0.15) is 11.8 Å². The predicted octanol–water partition coefficient (Wildman–Crippen LogP) is 3.62. The summed E-state index contributed by atoms with van der Waals surface area (Å²) in [4.78, 5) is 29.8. The maximum Gasteiger partial charge on any atom is 0.329 e. The molecule has 0 bridgehead atoms. The van der Waals surface area contributed by atoms with Crippen LogP contribution in [0.5, 0.6) is 11.6 Å². The van der Waals surface area contributed by atoms with Crippen LogP contribution in [0.2, 0.25) is 0 Å². The normalized spacial score (nSPS) is 22.2. The van der Waals surface area contributed by atoms with Gasteiger partial charge in [-0.3, -0.25) is 4.79 Å². The molecule has 2 aromatic rings. The van der Waals surface area contributed by atoms with Crippen LogP contribution in [0.1, 0.15) is 43.7 Å². The number of amides is 3. The van der Waals surface area contributed by atoms with Gasteiger partial charge in [-0.1, -0.05) is 13.0 Å². The zero-order valence-corrected chi connectivity index (χ0v) is 15.6. The van der Waals surface area contributed by atoms with E-state index in [9.17, 15) is 9.59 Å². The predicted molar refractivity (Wildman–Crippen MR) is 101 cm³/mol. The Morgan fingerprint density at radius 3 is 2.79 bits per heavy atom. The smallest absolute Gasteiger partial charge is 0.329 e. The molecule has 1 aromatic carbocycles. The topological polar surface area (TPSA) is 80.8 Å². The molecule has 3 heterocycles. The lowest BCUT2D eigenvalue weighted by Crippen LogP contribution is -2.33. The van der Waals surface area contributed by atoms with Crippen molar-refractivity contribution < 1.29 is 19.1 Å². The Balaban J connectivity index is 1.34. The van der Waals surface area contributed by atoms with Crippen molar-refractivity contribution in [1.29, 1.82) is 0 Å². The van der Waals surface area contributed by atoms with Crippen molar-refractivity contribution >= 4 is 17.6 Å². The first-order valence-corrected chi connectivity index (χ1v) is 9.65. The van der Waals surface area contributed by atoms with Crippen molar-refractivity contribution in [2.75, 3.05) is 4.90 Å². The Morgan fingerprint density at radius 2 is 2.14 bits per heavy atom. The van der Waals surface area contributed by atoms with Crippen molar-refractivity contribution in [3.05, 3.63) is 47.7 Å². The number of aromatic nitrogens is 1. The van der Waals surface area contributed by atoms with Gasteiger partial charge in [0, 0.05) is 6.07 Å². The lowest BCUT2D eigenvalue weighted by atomic mass is 9.75. The number of carbonyl (C=O) groups excluding carboxylic acids is 2. The molecule has 1 N–H and O–H groups in total. The average Bonchev–Trinajstić information content (AvgIpc) is 3.19. The van der Waals surface area contributed by atoms with E-state index in [-0.39, 0.29) is 11.5 Å². The zero-order valence-electron chi connectivity index (χ0n) is 15.6. The summed E-state index contributed by atoms with van der Waals surface area (Å²) >= 11 is 0. The zero-order chi connectivity index (χ0) is 19.3. The van der Waals surface area contributed by atoms with Gasteiger partial charge < -0.3 is 14.8 Å². The Labute approximate surface area is 162 Å². The van der Waals surface area contributed by atoms with Crippen LogP contribution in [0.25, 0.3) is 0 Å². The van der Waals surface area contributed by atoms with E-state index in [0.29, 0.717) is 30.3 Å². The maximum atomic E-state index is 12.3. The van der Waals surface area contributed by atoms with Crippen LogP contribution < -0.4 is 15.0 Å². The van der Waals surface area contributed by atoms with Gasteiger partial charge in [-0.05, 0) is 55.0 Å². The third kappa shape index (κ3) is 2.57. The summed E-state index contributed by atoms with van der Waals surface area (Å²) < 4.78 is 11.9. The highest BCUT2D eigenvalue weighted by Gasteiger charge is 2.45. The molecule has 1 spiro atoms. The molecular weight excluding hydrogens is 358 g/mol. The summed E-state index contributed by atoms with van der Waals surface area (Å²) in [6.45, 7) is 2.52. The summed E-state index contributed by atoms with van der Waals surface area (Å²) in [7, 11) is 0. The maximum absolute atomic E-state index is 12.3. The first kappa shape index (κ1) is 17.2. The second-order valence-electron chi connectivity index (χ2n) is 7.50. The molecule has 0 unspecified atom stereocenters. The van der Waals surface area contributed by atoms with Gasteiger partial charge >= 0.3 is 6.03 Å². The van der Waals surface area contributed by atoms with Crippen LogP contribution in [0, 0.1) is 0 Å². The van der Waals surface area contributed by atoms with Gasteiger partial charge in [0.05, 0.1) is 24.1 Å². The fourth-order valence-corrected chi connectivity index (χ4v) is 4.11. The fraction of sp³-hybridized carbons (Fsp3) is 0.381. The second-order valence-corrected chi connectivity index (χ2v) is 7.50. The molecule has 1 saturated heterocycles. The molecule has 5 rings (SSSR count). The van der Waals surface area contributed by atoms with Crippen molar-refractivity contribution in [1.82, 2.24) is 10.3 Å². The number of hydrogen-bond donors (Lipinski definition) is 1. The molecule has 1 saturated carbocycles. The highest BCUT2D eigenvalue weighted by molar-refractivity contribution is 6.21. The Hall–Kier alpha value is -2.93. The van der Waals surface area contributed by atoms with E-state index in [2.05, 4.69) is 10.3 Å². The molecule has 3 amide bonds. The van der Waals surface area contributed by atoms with E-state index in [1.165, 1.54) is 23.7 Å². The van der Waals surface area contributed by atoms with Crippen LogP contribution in [0.15, 0.2) is 36.5 Å². The SMILES string of the molecule is CC[C@H]1NC(=O)N(c2ccc(Oc3ccc4c(c3)C3(CCC3)OC4)nc2)C1=O. The van der Waals surface area contributed by atoms with E-state index >= 15 is 0 Å². The van der Waals surface area contributed by atoms with Gasteiger partial charge in [0.25, 0.3) is 5.91 Å². The van der Waals surface area contributed by atoms with E-state index in [1.807, 2.05) is 25.1 Å². The summed E-state index contributed by atoms with van der Waals surface area (Å²) in [5, 5.41) is 2.67. The summed E-state index contributed by atoms with van der Waals surface area (Å²) in [5.41, 5.74) is 2.75. The van der Waals surface area contributed by atoms with Gasteiger partial charge in [0.15, 0.2) is 0 Å². The van der Waals surface area contributed by atoms with Crippen LogP contribution in [-0.2, 0) is 21.7 Å². The van der Waals surface area contributed by atoms with Gasteiger partial charge in [-0.15, -0.1) is 0 Å². The number of anilines is 1. The number of fused-ring (bicyclic) bond motifs is 2. The third-order valence-electron chi connectivity index (χ3n) is 5.87. The molecule has 7 heteroatoms. The minimum atomic E-state index is -0.476. The number of rotatable bonds is 4. The number of ether oxygens (including phenoxy) is 2. The molecule has 1 atom stereocenters. The average molecular weight is 379 g/mol. The van der Waals surface area contributed by atoms with Crippen molar-refractivity contribution in [3.63, 3.8) is 0 Å². The number of urea groups is 1. The standard InChI is InChI=1S/C21H21N3O4/c1-2-17-19(25)24(20(26)23-17)14-5-7-18(22-11-14)28-15-6-4-13-12-27-21(8-3-9-21)16(13)10-15/h4-7,10-11,17H,2-3,8-9,12H2,1H3,(H,23,26)/t17-/m1/s1. The quantitative estimate of drug-likeness (QED) is 0.821. The lowest BCUT2D eigenvalue weighted by Gasteiger charge is -2.38. The molecular formula is C21H21N3O4. The summed E-state index contributed by atoms with van der Waals surface area (Å²) in [5.74, 6) is 0.855. The molecule has 0 radical (unpaired) electrons. The minimum absolute atomic E-state index is 0.120. The number of carbonyl (C=O) groups is 2. The molecule has 3 aliphatic rings. The lowest BCUT2D eigenvalue weighted by molar-refractivity contribution is -0.118. The number of imide groups is 1. The molecule has 1 aliphatic carbocycles. The van der Waals surface area contributed by atoms with Crippen LogP contribution in [0.4, 0.5) is 10.5 Å². The molecule has 28 heavy (non-hydrogen) atoms. The molecule has 144 valence electrons. The number of hydrogen-bond acceptors (Lipinski definition) is 5. The first-order valence-electron chi connectivity index (χ1n) is 9.65. The van der Waals surface area contributed by atoms with Gasteiger partial charge in [-0.2, -0.15) is 0 Å². The Kier molecular flexibility index (Phi) is 3.87. The van der Waals surface area contributed by atoms with E-state index in [1.54, 1.807) is 12.1 Å². The first-order chi connectivity index (χ1) is 13.6. The monoisotopic (exact) mass is 379 g/mol. The minimum Gasteiger partial charge on any atom is -0.439 e. The summed E-state index contributed by atoms with van der Waals surface area (Å²) in [6, 6.07) is 8.44. The fourth-order valence-electron chi connectivity index (χ4n) is 4.11. The van der Waals surface area contributed by atoms with Crippen molar-refractivity contribution in [2.24, 2.45) is 0 Å². The van der Waals surface area contributed by atoms with Gasteiger partial charge in [-0.25, -0.2) is 14.7 Å². The number of benzene rings is 1. The van der Waals surface area contributed by atoms with E-state index < -0.39 is 12.1 Å². The molecule has 7 nitrogen and oxygen atoms in total. The van der Waals surface area contributed by atoms with Crippen LogP contribution >= 0.6 is 0 Å². The van der Waals surface area contributed by atoms with Gasteiger partial charge in [0.2, 0.25) is 5.88 Å². The number of pyridine rings is 1. The van der Waals surface area contributed by atoms with E-state index in [0.717, 1.165) is 17.7 Å². The van der Waals surface area contributed by atoms with Crippen molar-refractivity contribution in [3.8, 4) is 11.6 Å². The van der Waals surface area contributed by atoms with Crippen LogP contribution in [0.3, 0.4) is 0 Å². The molecule has 2 aliphatic heterocycles. The van der Waals surface area contributed by atoms with E-state index in [4.69, 9.17) is 9.47 Å². The molecule has 1 aromatic heterocycles. The summed E-state index contributed by atoms with van der Waals surface area (Å²) in [6.07, 6.45) is 5.34.